The first-order valence-corrected chi connectivity index (χ1v) is 8.22. The Bertz CT molecular complexity index is 851. The van der Waals surface area contributed by atoms with Gasteiger partial charge in [0.05, 0.1) is 12.6 Å². The van der Waals surface area contributed by atoms with Crippen molar-refractivity contribution in [1.82, 2.24) is 9.47 Å². The zero-order valence-corrected chi connectivity index (χ0v) is 13.2. The number of alkyl halides is 1. The smallest absolute Gasteiger partial charge is 0.257 e. The summed E-state index contributed by atoms with van der Waals surface area (Å²) < 4.78 is 15.4. The van der Waals surface area contributed by atoms with E-state index in [4.69, 9.17) is 0 Å². The Morgan fingerprint density at radius 3 is 2.17 bits per heavy atom. The average Bonchev–Trinajstić information content (AvgIpc) is 3.08. The van der Waals surface area contributed by atoms with Crippen LogP contribution in [0.15, 0.2) is 48.5 Å². The summed E-state index contributed by atoms with van der Waals surface area (Å²) in [6.45, 7) is 0.916. The highest BCUT2D eigenvalue weighted by Gasteiger charge is 2.32. The predicted molar refractivity (Wildman–Crippen MR) is 91.5 cm³/mol. The molecule has 1 aliphatic rings. The lowest BCUT2D eigenvalue weighted by molar-refractivity contribution is -0.133. The first-order valence-electron chi connectivity index (χ1n) is 8.22. The van der Waals surface area contributed by atoms with Crippen LogP contribution >= 0.6 is 0 Å². The van der Waals surface area contributed by atoms with Gasteiger partial charge in [0, 0.05) is 41.3 Å². The lowest BCUT2D eigenvalue weighted by Gasteiger charge is -2.21. The molecule has 3 aromatic rings. The molecule has 4 rings (SSSR count). The van der Waals surface area contributed by atoms with Gasteiger partial charge in [-0.1, -0.05) is 36.4 Å². The van der Waals surface area contributed by atoms with E-state index in [2.05, 4.69) is 16.7 Å². The number of aliphatic hydroxyl groups is 1. The Balaban J connectivity index is 1.65. The molecule has 5 heteroatoms. The van der Waals surface area contributed by atoms with Gasteiger partial charge in [0.15, 0.2) is 6.17 Å². The number of halogens is 1. The summed E-state index contributed by atoms with van der Waals surface area (Å²) in [7, 11) is 0. The van der Waals surface area contributed by atoms with Crippen LogP contribution in [0, 0.1) is 0 Å². The number of β-amino-alcohol motifs (C(OH)–C–C–N with tert-alkyl or cyclic N) is 1. The van der Waals surface area contributed by atoms with Crippen molar-refractivity contribution in [1.29, 1.82) is 0 Å². The number of carbonyl (C=O) groups is 1. The Kier molecular flexibility index (Phi) is 3.73. The largest absolute Gasteiger partial charge is 0.389 e. The molecule has 1 fully saturated rings. The molecule has 0 radical (unpaired) electrons. The van der Waals surface area contributed by atoms with Crippen LogP contribution in [0.25, 0.3) is 21.8 Å². The van der Waals surface area contributed by atoms with Gasteiger partial charge in [0.1, 0.15) is 0 Å². The molecule has 4 nitrogen and oxygen atoms in total. The summed E-state index contributed by atoms with van der Waals surface area (Å²) in [6.07, 6.45) is -1.93. The molecule has 0 unspecified atom stereocenters. The molecule has 124 valence electrons. The first kappa shape index (κ1) is 15.1. The third-order valence-corrected chi connectivity index (χ3v) is 4.74. The molecule has 1 amide bonds. The molecule has 2 atom stereocenters. The number of carbonyl (C=O) groups excluding carboxylic acids is 1. The zero-order valence-electron chi connectivity index (χ0n) is 13.2. The van der Waals surface area contributed by atoms with Crippen molar-refractivity contribution >= 4 is 27.7 Å². The third kappa shape index (κ3) is 2.45. The minimum Gasteiger partial charge on any atom is -0.389 e. The molecular formula is C19H19FN2O2. The van der Waals surface area contributed by atoms with Crippen molar-refractivity contribution in [3.63, 3.8) is 0 Å². The minimum atomic E-state index is -1.41. The van der Waals surface area contributed by atoms with Crippen LogP contribution in [-0.4, -0.2) is 45.8 Å². The summed E-state index contributed by atoms with van der Waals surface area (Å²) in [6, 6.07) is 16.1. The number of aliphatic hydroxyl groups excluding tert-OH is 1. The van der Waals surface area contributed by atoms with E-state index in [0.717, 1.165) is 21.8 Å². The van der Waals surface area contributed by atoms with E-state index < -0.39 is 18.2 Å². The zero-order chi connectivity index (χ0) is 16.7. The Morgan fingerprint density at radius 2 is 1.62 bits per heavy atom. The number of benzene rings is 2. The molecular weight excluding hydrogens is 307 g/mol. The molecule has 2 heterocycles. The number of hydrogen-bond donors (Lipinski definition) is 1. The number of hydrogen-bond acceptors (Lipinski definition) is 2. The van der Waals surface area contributed by atoms with Crippen molar-refractivity contribution in [2.24, 2.45) is 0 Å². The number of nitrogens with zero attached hydrogens (tertiary/aromatic N) is 2. The molecule has 0 aliphatic carbocycles. The highest BCUT2D eigenvalue weighted by atomic mass is 19.1. The number of fused-ring (bicyclic) bond motifs is 3. The molecule has 1 saturated heterocycles. The summed E-state index contributed by atoms with van der Waals surface area (Å²) in [4.78, 5) is 13.1. The van der Waals surface area contributed by atoms with Crippen molar-refractivity contribution in [3.8, 4) is 0 Å². The van der Waals surface area contributed by atoms with E-state index in [1.165, 1.54) is 4.90 Å². The highest BCUT2D eigenvalue weighted by molar-refractivity contribution is 6.07. The van der Waals surface area contributed by atoms with Crippen molar-refractivity contribution < 1.29 is 14.3 Å². The maximum Gasteiger partial charge on any atom is 0.257 e. The second kappa shape index (κ2) is 5.91. The maximum atomic E-state index is 13.3. The van der Waals surface area contributed by atoms with Crippen LogP contribution in [0.5, 0.6) is 0 Å². The van der Waals surface area contributed by atoms with Gasteiger partial charge in [0.2, 0.25) is 0 Å². The summed E-state index contributed by atoms with van der Waals surface area (Å²) in [5, 5.41) is 12.7. The fourth-order valence-electron chi connectivity index (χ4n) is 3.61. The van der Waals surface area contributed by atoms with Crippen LogP contribution in [-0.2, 0) is 11.3 Å². The lowest BCUT2D eigenvalue weighted by atomic mass is 10.2. The average molecular weight is 326 g/mol. The first-order chi connectivity index (χ1) is 11.6. The van der Waals surface area contributed by atoms with E-state index >= 15 is 0 Å². The SMILES string of the molecule is O=C1[C@@H](F)CCN1C[C@H](O)Cn1c2ccccc2c2ccccc21. The number of rotatable bonds is 4. The number of aromatic nitrogens is 1. The minimum absolute atomic E-state index is 0.167. The summed E-state index contributed by atoms with van der Waals surface area (Å²) in [5.41, 5.74) is 2.10. The molecule has 1 aromatic heterocycles. The molecule has 0 saturated carbocycles. The van der Waals surface area contributed by atoms with E-state index in [0.29, 0.717) is 13.1 Å². The molecule has 2 aromatic carbocycles. The molecule has 1 aliphatic heterocycles. The second-order valence-corrected chi connectivity index (χ2v) is 6.34. The van der Waals surface area contributed by atoms with E-state index in [-0.39, 0.29) is 13.0 Å². The van der Waals surface area contributed by atoms with Crippen LogP contribution in [0.2, 0.25) is 0 Å². The fraction of sp³-hybridized carbons (Fsp3) is 0.316. The lowest BCUT2D eigenvalue weighted by Crippen LogP contribution is -2.37. The Morgan fingerprint density at radius 1 is 1.04 bits per heavy atom. The number of para-hydroxylation sites is 2. The van der Waals surface area contributed by atoms with E-state index in [1.54, 1.807) is 0 Å². The second-order valence-electron chi connectivity index (χ2n) is 6.34. The van der Waals surface area contributed by atoms with Gasteiger partial charge >= 0.3 is 0 Å². The van der Waals surface area contributed by atoms with Crippen molar-refractivity contribution in [2.45, 2.75) is 25.2 Å². The van der Waals surface area contributed by atoms with Crippen molar-refractivity contribution in [3.05, 3.63) is 48.5 Å². The van der Waals surface area contributed by atoms with Crippen LogP contribution in [0.3, 0.4) is 0 Å². The van der Waals surface area contributed by atoms with Crippen LogP contribution < -0.4 is 0 Å². The molecule has 1 N–H and O–H groups in total. The topological polar surface area (TPSA) is 45.5 Å². The van der Waals surface area contributed by atoms with Gasteiger partial charge in [-0.2, -0.15) is 0 Å². The van der Waals surface area contributed by atoms with Gasteiger partial charge in [-0.05, 0) is 12.1 Å². The third-order valence-electron chi connectivity index (χ3n) is 4.74. The predicted octanol–water partition coefficient (Wildman–Crippen LogP) is 2.73. The van der Waals surface area contributed by atoms with Gasteiger partial charge < -0.3 is 14.6 Å². The van der Waals surface area contributed by atoms with Crippen LogP contribution in [0.1, 0.15) is 6.42 Å². The van der Waals surface area contributed by atoms with Crippen LogP contribution in [0.4, 0.5) is 4.39 Å². The Labute approximate surface area is 139 Å². The van der Waals surface area contributed by atoms with Gasteiger partial charge in [-0.3, -0.25) is 4.79 Å². The van der Waals surface area contributed by atoms with Crippen molar-refractivity contribution in [2.75, 3.05) is 13.1 Å². The summed E-state index contributed by atoms with van der Waals surface area (Å²) in [5.74, 6) is -0.503. The highest BCUT2D eigenvalue weighted by Crippen LogP contribution is 2.29. The van der Waals surface area contributed by atoms with Gasteiger partial charge in [0.25, 0.3) is 5.91 Å². The quantitative estimate of drug-likeness (QED) is 0.801. The van der Waals surface area contributed by atoms with Gasteiger partial charge in [-0.15, -0.1) is 0 Å². The standard InChI is InChI=1S/C19H19FN2O2/c20-16-9-10-21(19(16)24)11-13(23)12-22-17-7-3-1-5-14(17)15-6-2-4-8-18(15)22/h1-8,13,16,23H,9-12H2/t13-,16-/m0/s1. The normalized spacial score (nSPS) is 19.5. The fourth-order valence-corrected chi connectivity index (χ4v) is 3.61. The maximum absolute atomic E-state index is 13.3. The Hall–Kier alpha value is -2.40. The van der Waals surface area contributed by atoms with Gasteiger partial charge in [-0.25, -0.2) is 4.39 Å². The van der Waals surface area contributed by atoms with E-state index in [1.807, 2.05) is 36.4 Å². The molecule has 0 bridgehead atoms. The number of amides is 1. The number of likely N-dealkylation sites (tertiary alicyclic amines) is 1. The molecule has 24 heavy (non-hydrogen) atoms. The molecule has 0 spiro atoms. The monoisotopic (exact) mass is 326 g/mol. The van der Waals surface area contributed by atoms with E-state index in [9.17, 15) is 14.3 Å². The summed E-state index contributed by atoms with van der Waals surface area (Å²) >= 11 is 0.